The van der Waals surface area contributed by atoms with Crippen molar-refractivity contribution >= 4 is 0 Å². The van der Waals surface area contributed by atoms with Crippen LogP contribution in [0.3, 0.4) is 0 Å². The Labute approximate surface area is 74.7 Å². The van der Waals surface area contributed by atoms with E-state index in [0.717, 1.165) is 11.3 Å². The van der Waals surface area contributed by atoms with Crippen molar-refractivity contribution in [1.82, 2.24) is 0 Å². The highest BCUT2D eigenvalue weighted by molar-refractivity contribution is 5.32. The molecule has 0 aliphatic rings. The summed E-state index contributed by atoms with van der Waals surface area (Å²) in [5.74, 6) is 0.880. The Kier molecular flexibility index (Phi) is 5.80. The molecule has 0 unspecified atom stereocenters. The molecule has 0 amide bonds. The molecule has 0 fully saturated rings. The van der Waals surface area contributed by atoms with Crippen molar-refractivity contribution in [3.8, 4) is 0 Å². The van der Waals surface area contributed by atoms with Gasteiger partial charge in [0.2, 0.25) is 0 Å². The maximum atomic E-state index is 5.07. The third kappa shape index (κ3) is 3.81. The zero-order valence-electron chi connectivity index (χ0n) is 8.00. The Bertz CT molecular complexity index is 219. The van der Waals surface area contributed by atoms with Gasteiger partial charge in [0.25, 0.3) is 0 Å². The zero-order valence-corrected chi connectivity index (χ0v) is 8.00. The summed E-state index contributed by atoms with van der Waals surface area (Å²) in [5, 5.41) is 0. The zero-order chi connectivity index (χ0) is 9.40. The highest BCUT2D eigenvalue weighted by atomic mass is 16.5. The molecule has 0 saturated heterocycles. The van der Waals surface area contributed by atoms with Crippen LogP contribution in [-0.2, 0) is 4.74 Å². The van der Waals surface area contributed by atoms with E-state index < -0.39 is 0 Å². The summed E-state index contributed by atoms with van der Waals surface area (Å²) >= 11 is 0. The van der Waals surface area contributed by atoms with Gasteiger partial charge in [-0.05, 0) is 13.8 Å². The topological polar surface area (TPSA) is 9.23 Å². The van der Waals surface area contributed by atoms with Crippen molar-refractivity contribution in [2.75, 3.05) is 7.11 Å². The molecule has 0 aromatic heterocycles. The minimum Gasteiger partial charge on any atom is -0.501 e. The van der Waals surface area contributed by atoms with Crippen molar-refractivity contribution in [1.29, 1.82) is 0 Å². The number of ether oxygens (including phenoxy) is 1. The highest BCUT2D eigenvalue weighted by Gasteiger charge is 1.91. The van der Waals surface area contributed by atoms with Crippen LogP contribution in [-0.4, -0.2) is 7.11 Å². The van der Waals surface area contributed by atoms with Gasteiger partial charge in [-0.1, -0.05) is 37.0 Å². The summed E-state index contributed by atoms with van der Waals surface area (Å²) in [5.41, 5.74) is 1.01. The number of allylic oxidation sites excluding steroid dienone is 7. The predicted octanol–water partition coefficient (Wildman–Crippen LogP) is 3.23. The van der Waals surface area contributed by atoms with E-state index in [1.807, 2.05) is 38.2 Å². The van der Waals surface area contributed by atoms with Crippen LogP contribution >= 0.6 is 0 Å². The molecule has 1 nitrogen and oxygen atoms in total. The van der Waals surface area contributed by atoms with Gasteiger partial charge in [0.1, 0.15) is 0 Å². The van der Waals surface area contributed by atoms with Gasteiger partial charge in [-0.15, -0.1) is 0 Å². The van der Waals surface area contributed by atoms with Gasteiger partial charge in [0, 0.05) is 5.57 Å². The van der Waals surface area contributed by atoms with Gasteiger partial charge in [-0.25, -0.2) is 0 Å². The van der Waals surface area contributed by atoms with E-state index >= 15 is 0 Å². The van der Waals surface area contributed by atoms with Crippen LogP contribution in [0.4, 0.5) is 0 Å². The van der Waals surface area contributed by atoms with Gasteiger partial charge in [-0.2, -0.15) is 0 Å². The summed E-state index contributed by atoms with van der Waals surface area (Å²) in [6, 6.07) is 0. The van der Waals surface area contributed by atoms with Crippen LogP contribution in [0.2, 0.25) is 0 Å². The molecule has 12 heavy (non-hydrogen) atoms. The van der Waals surface area contributed by atoms with Gasteiger partial charge < -0.3 is 4.74 Å². The van der Waals surface area contributed by atoms with E-state index in [1.54, 1.807) is 13.2 Å². The third-order valence-corrected chi connectivity index (χ3v) is 1.51. The molecule has 0 rings (SSSR count). The Hall–Kier alpha value is -1.24. The first kappa shape index (κ1) is 10.8. The van der Waals surface area contributed by atoms with E-state index in [1.165, 1.54) is 0 Å². The Morgan fingerprint density at radius 1 is 1.33 bits per heavy atom. The average molecular weight is 164 g/mol. The fourth-order valence-corrected chi connectivity index (χ4v) is 0.717. The van der Waals surface area contributed by atoms with E-state index in [0.29, 0.717) is 0 Å². The molecule has 0 bridgehead atoms. The summed E-state index contributed by atoms with van der Waals surface area (Å²) in [7, 11) is 1.66. The molecule has 0 aromatic carbocycles. The second-order valence-electron chi connectivity index (χ2n) is 2.30. The number of rotatable bonds is 4. The minimum absolute atomic E-state index is 0.880. The van der Waals surface area contributed by atoms with E-state index in [4.69, 9.17) is 4.74 Å². The number of hydrogen-bond donors (Lipinski definition) is 0. The summed E-state index contributed by atoms with van der Waals surface area (Å²) in [6.45, 7) is 7.59. The standard InChI is InChI=1S/C11H16O/c1-5-7-8-9-11(6-2)10(3)12-4/h5-9H,2H2,1,3-4H3/b7-5-,9-8-,11-10+. The van der Waals surface area contributed by atoms with Crippen molar-refractivity contribution in [3.63, 3.8) is 0 Å². The lowest BCUT2D eigenvalue weighted by molar-refractivity contribution is 0.291. The lowest BCUT2D eigenvalue weighted by Gasteiger charge is -2.01. The van der Waals surface area contributed by atoms with Crippen LogP contribution in [0.25, 0.3) is 0 Å². The monoisotopic (exact) mass is 164 g/mol. The second-order valence-corrected chi connectivity index (χ2v) is 2.30. The summed E-state index contributed by atoms with van der Waals surface area (Å²) in [6.07, 6.45) is 9.63. The van der Waals surface area contributed by atoms with Crippen LogP contribution in [0.1, 0.15) is 13.8 Å². The number of hydrogen-bond acceptors (Lipinski definition) is 1. The van der Waals surface area contributed by atoms with Crippen molar-refractivity contribution in [2.24, 2.45) is 0 Å². The SMILES string of the molecule is C=CC(/C=C\C=C/C)=C(/C)OC. The van der Waals surface area contributed by atoms with Crippen LogP contribution < -0.4 is 0 Å². The third-order valence-electron chi connectivity index (χ3n) is 1.51. The predicted molar refractivity (Wildman–Crippen MR) is 53.9 cm³/mol. The average Bonchev–Trinajstić information content (AvgIpc) is 2.11. The van der Waals surface area contributed by atoms with E-state index in [9.17, 15) is 0 Å². The Morgan fingerprint density at radius 2 is 2.00 bits per heavy atom. The maximum Gasteiger partial charge on any atom is 0.0996 e. The van der Waals surface area contributed by atoms with Crippen molar-refractivity contribution < 1.29 is 4.74 Å². The molecule has 0 aromatic rings. The van der Waals surface area contributed by atoms with Gasteiger partial charge in [0.15, 0.2) is 0 Å². The smallest absolute Gasteiger partial charge is 0.0996 e. The molecule has 0 spiro atoms. The fraction of sp³-hybridized carbons (Fsp3) is 0.273. The largest absolute Gasteiger partial charge is 0.501 e. The first-order valence-corrected chi connectivity index (χ1v) is 3.93. The van der Waals surface area contributed by atoms with E-state index in [-0.39, 0.29) is 0 Å². The molecule has 0 atom stereocenters. The molecule has 0 heterocycles. The van der Waals surface area contributed by atoms with E-state index in [2.05, 4.69) is 6.58 Å². The van der Waals surface area contributed by atoms with Crippen molar-refractivity contribution in [3.05, 3.63) is 48.3 Å². The molecule has 1 heteroatoms. The first-order valence-electron chi connectivity index (χ1n) is 3.93. The molecular weight excluding hydrogens is 148 g/mol. The molecule has 0 radical (unpaired) electrons. The quantitative estimate of drug-likeness (QED) is 0.458. The molecule has 0 aliphatic heterocycles. The van der Waals surface area contributed by atoms with Crippen LogP contribution in [0.15, 0.2) is 48.3 Å². The Morgan fingerprint density at radius 3 is 2.42 bits per heavy atom. The van der Waals surface area contributed by atoms with Crippen LogP contribution in [0.5, 0.6) is 0 Å². The first-order chi connectivity index (χ1) is 5.76. The Balaban J connectivity index is 4.47. The van der Waals surface area contributed by atoms with Gasteiger partial charge in [-0.3, -0.25) is 0 Å². The molecule has 0 aliphatic carbocycles. The van der Waals surface area contributed by atoms with Crippen LogP contribution in [0, 0.1) is 0 Å². The molecular formula is C11H16O. The lowest BCUT2D eigenvalue weighted by atomic mass is 10.2. The maximum absolute atomic E-state index is 5.07. The summed E-state index contributed by atoms with van der Waals surface area (Å²) < 4.78 is 5.07. The second kappa shape index (κ2) is 6.47. The molecule has 0 N–H and O–H groups in total. The number of methoxy groups -OCH3 is 1. The molecule has 66 valence electrons. The lowest BCUT2D eigenvalue weighted by Crippen LogP contribution is -1.84. The highest BCUT2D eigenvalue weighted by Crippen LogP contribution is 2.07. The van der Waals surface area contributed by atoms with Crippen molar-refractivity contribution in [2.45, 2.75) is 13.8 Å². The summed E-state index contributed by atoms with van der Waals surface area (Å²) in [4.78, 5) is 0. The normalized spacial score (nSPS) is 13.6. The van der Waals surface area contributed by atoms with Gasteiger partial charge >= 0.3 is 0 Å². The minimum atomic E-state index is 0.880. The van der Waals surface area contributed by atoms with Gasteiger partial charge in [0.05, 0.1) is 12.9 Å². The molecule has 0 saturated carbocycles. The fourth-order valence-electron chi connectivity index (χ4n) is 0.717.